The number of carbonyl (C=O) groups is 1. The number of ether oxygens (including phenoxy) is 1. The van der Waals surface area contributed by atoms with Gasteiger partial charge in [-0.05, 0) is 18.9 Å². The molecule has 4 heteroatoms. The van der Waals surface area contributed by atoms with E-state index in [9.17, 15) is 4.79 Å². The fourth-order valence-electron chi connectivity index (χ4n) is 2.50. The molecule has 0 saturated heterocycles. The highest BCUT2D eigenvalue weighted by Crippen LogP contribution is 2.42. The Balaban J connectivity index is 2.29. The van der Waals surface area contributed by atoms with Crippen LogP contribution in [0.3, 0.4) is 0 Å². The van der Waals surface area contributed by atoms with Gasteiger partial charge in [0.25, 0.3) is 0 Å². The molecular weight excluding hydrogens is 196 g/mol. The van der Waals surface area contributed by atoms with Crippen LogP contribution in [0.1, 0.15) is 13.3 Å². The molecule has 2 N–H and O–H groups in total. The van der Waals surface area contributed by atoms with Gasteiger partial charge in [0.15, 0.2) is 0 Å². The van der Waals surface area contributed by atoms with Crippen LogP contribution in [-0.2, 0) is 9.53 Å². The first kappa shape index (κ1) is 10.2. The summed E-state index contributed by atoms with van der Waals surface area (Å²) in [5.41, 5.74) is 1.22. The minimum Gasteiger partial charge on any atom is -0.497 e. The van der Waals surface area contributed by atoms with Crippen molar-refractivity contribution >= 4 is 5.97 Å². The van der Waals surface area contributed by atoms with Gasteiger partial charge in [-0.3, -0.25) is 0 Å². The average molecular weight is 210 g/mol. The molecular formula is C11H14O4. The number of aliphatic hydroxyl groups excluding tert-OH is 1. The lowest BCUT2D eigenvalue weighted by atomic mass is 9.81. The van der Waals surface area contributed by atoms with Crippen LogP contribution >= 0.6 is 0 Å². The van der Waals surface area contributed by atoms with E-state index < -0.39 is 5.97 Å². The molecule has 0 amide bonds. The fourth-order valence-corrected chi connectivity index (χ4v) is 2.50. The van der Waals surface area contributed by atoms with Crippen LogP contribution in [0.4, 0.5) is 0 Å². The zero-order valence-electron chi connectivity index (χ0n) is 8.51. The van der Waals surface area contributed by atoms with E-state index in [0.717, 1.165) is 5.57 Å². The van der Waals surface area contributed by atoms with Crippen LogP contribution in [0.15, 0.2) is 23.5 Å². The third kappa shape index (κ3) is 1.55. The minimum atomic E-state index is -0.926. The predicted octanol–water partition coefficient (Wildman–Crippen LogP) is 0.928. The van der Waals surface area contributed by atoms with E-state index >= 15 is 0 Å². The van der Waals surface area contributed by atoms with Crippen molar-refractivity contribution in [2.75, 3.05) is 6.61 Å². The van der Waals surface area contributed by atoms with Crippen molar-refractivity contribution in [2.24, 2.45) is 11.8 Å². The molecule has 3 atom stereocenters. The Morgan fingerprint density at radius 1 is 1.67 bits per heavy atom. The SMILES string of the molecule is CC1OC=C(C(=O)O)[C@H]2CC=C(CO)C12. The van der Waals surface area contributed by atoms with Crippen LogP contribution in [0.25, 0.3) is 0 Å². The van der Waals surface area contributed by atoms with Crippen molar-refractivity contribution in [3.8, 4) is 0 Å². The molecule has 1 aliphatic heterocycles. The summed E-state index contributed by atoms with van der Waals surface area (Å²) in [6.07, 6.45) is 3.91. The van der Waals surface area contributed by atoms with Crippen molar-refractivity contribution < 1.29 is 19.7 Å². The van der Waals surface area contributed by atoms with Crippen molar-refractivity contribution in [2.45, 2.75) is 19.4 Å². The summed E-state index contributed by atoms with van der Waals surface area (Å²) >= 11 is 0. The highest BCUT2D eigenvalue weighted by atomic mass is 16.5. The Hall–Kier alpha value is -1.29. The van der Waals surface area contributed by atoms with E-state index in [0.29, 0.717) is 12.0 Å². The standard InChI is InChI=1S/C11H14O4/c1-6-10-7(4-12)2-3-8(10)9(5-15-6)11(13)14/h2,5-6,8,10,12H,3-4H2,1H3,(H,13,14)/t6?,8-,10?/m1/s1. The van der Waals surface area contributed by atoms with Crippen molar-refractivity contribution in [1.82, 2.24) is 0 Å². The van der Waals surface area contributed by atoms with Crippen LogP contribution in [0.5, 0.6) is 0 Å². The summed E-state index contributed by atoms with van der Waals surface area (Å²) in [6.45, 7) is 1.89. The highest BCUT2D eigenvalue weighted by Gasteiger charge is 2.41. The first-order valence-electron chi connectivity index (χ1n) is 5.03. The number of carboxylic acids is 1. The summed E-state index contributed by atoms with van der Waals surface area (Å²) < 4.78 is 5.30. The number of hydrogen-bond acceptors (Lipinski definition) is 3. The van der Waals surface area contributed by atoms with Crippen molar-refractivity contribution in [3.05, 3.63) is 23.5 Å². The van der Waals surface area contributed by atoms with Crippen LogP contribution in [0.2, 0.25) is 0 Å². The van der Waals surface area contributed by atoms with Crippen molar-refractivity contribution in [3.63, 3.8) is 0 Å². The molecule has 0 saturated carbocycles. The number of carboxylic acid groups (broad SMARTS) is 1. The molecule has 2 rings (SSSR count). The number of allylic oxidation sites excluding steroid dienone is 1. The Bertz CT molecular complexity index is 342. The lowest BCUT2D eigenvalue weighted by Gasteiger charge is -2.32. The number of fused-ring (bicyclic) bond motifs is 1. The maximum atomic E-state index is 11.0. The Labute approximate surface area is 87.9 Å². The van der Waals surface area contributed by atoms with Gasteiger partial charge in [-0.15, -0.1) is 0 Å². The molecule has 1 aliphatic carbocycles. The van der Waals surface area contributed by atoms with Gasteiger partial charge in [0.1, 0.15) is 6.10 Å². The molecule has 2 aliphatic rings. The third-order valence-corrected chi connectivity index (χ3v) is 3.24. The zero-order valence-corrected chi connectivity index (χ0v) is 8.51. The van der Waals surface area contributed by atoms with E-state index in [1.165, 1.54) is 6.26 Å². The van der Waals surface area contributed by atoms with Gasteiger partial charge in [-0.2, -0.15) is 0 Å². The molecule has 15 heavy (non-hydrogen) atoms. The Kier molecular flexibility index (Phi) is 2.52. The maximum Gasteiger partial charge on any atom is 0.335 e. The second kappa shape index (κ2) is 3.70. The topological polar surface area (TPSA) is 66.8 Å². The molecule has 82 valence electrons. The maximum absolute atomic E-state index is 11.0. The lowest BCUT2D eigenvalue weighted by Crippen LogP contribution is -2.33. The molecule has 2 unspecified atom stereocenters. The third-order valence-electron chi connectivity index (χ3n) is 3.24. The minimum absolute atomic E-state index is 0.0121. The van der Waals surface area contributed by atoms with Crippen LogP contribution < -0.4 is 0 Å². The monoisotopic (exact) mass is 210 g/mol. The van der Waals surface area contributed by atoms with Gasteiger partial charge in [0, 0.05) is 11.8 Å². The molecule has 0 aromatic rings. The van der Waals surface area contributed by atoms with Gasteiger partial charge in [0.05, 0.1) is 18.4 Å². The molecule has 0 radical (unpaired) electrons. The molecule has 0 aromatic heterocycles. The highest BCUT2D eigenvalue weighted by molar-refractivity contribution is 5.87. The number of rotatable bonds is 2. The van der Waals surface area contributed by atoms with Gasteiger partial charge in [0.2, 0.25) is 0 Å². The molecule has 0 spiro atoms. The second-order valence-corrected chi connectivity index (χ2v) is 4.02. The Morgan fingerprint density at radius 3 is 3.00 bits per heavy atom. The van der Waals surface area contributed by atoms with Gasteiger partial charge >= 0.3 is 5.97 Å². The Morgan fingerprint density at radius 2 is 2.40 bits per heavy atom. The largest absolute Gasteiger partial charge is 0.497 e. The molecule has 4 nitrogen and oxygen atoms in total. The second-order valence-electron chi connectivity index (χ2n) is 4.02. The summed E-state index contributed by atoms with van der Waals surface area (Å²) in [4.78, 5) is 11.0. The predicted molar refractivity (Wildman–Crippen MR) is 53.0 cm³/mol. The summed E-state index contributed by atoms with van der Waals surface area (Å²) in [5, 5.41) is 18.2. The van der Waals surface area contributed by atoms with E-state index in [2.05, 4.69) is 0 Å². The van der Waals surface area contributed by atoms with Crippen LogP contribution in [0, 0.1) is 11.8 Å². The zero-order chi connectivity index (χ0) is 11.0. The van der Waals surface area contributed by atoms with E-state index in [4.69, 9.17) is 14.9 Å². The van der Waals surface area contributed by atoms with E-state index in [-0.39, 0.29) is 24.5 Å². The average Bonchev–Trinajstić information content (AvgIpc) is 2.62. The van der Waals surface area contributed by atoms with Gasteiger partial charge < -0.3 is 14.9 Å². The van der Waals surface area contributed by atoms with Gasteiger partial charge in [-0.1, -0.05) is 6.08 Å². The first-order chi connectivity index (χ1) is 7.15. The smallest absolute Gasteiger partial charge is 0.335 e. The number of aliphatic carboxylic acids is 1. The number of hydrogen-bond donors (Lipinski definition) is 2. The number of aliphatic hydroxyl groups is 1. The lowest BCUT2D eigenvalue weighted by molar-refractivity contribution is -0.134. The molecule has 1 heterocycles. The summed E-state index contributed by atoms with van der Waals surface area (Å²) in [6, 6.07) is 0. The van der Waals surface area contributed by atoms with Crippen LogP contribution in [-0.4, -0.2) is 28.9 Å². The van der Waals surface area contributed by atoms with Crippen molar-refractivity contribution in [1.29, 1.82) is 0 Å². The fraction of sp³-hybridized carbons (Fsp3) is 0.545. The molecule has 0 bridgehead atoms. The van der Waals surface area contributed by atoms with E-state index in [1.807, 2.05) is 13.0 Å². The molecule has 0 aromatic carbocycles. The molecule has 0 fully saturated rings. The first-order valence-corrected chi connectivity index (χ1v) is 5.03. The van der Waals surface area contributed by atoms with Gasteiger partial charge in [-0.25, -0.2) is 4.79 Å². The van der Waals surface area contributed by atoms with E-state index in [1.54, 1.807) is 0 Å². The quantitative estimate of drug-likeness (QED) is 0.665. The normalized spacial score (nSPS) is 33.9. The summed E-state index contributed by atoms with van der Waals surface area (Å²) in [5.74, 6) is -0.941. The summed E-state index contributed by atoms with van der Waals surface area (Å²) in [7, 11) is 0.